The zero-order valence-electron chi connectivity index (χ0n) is 19.0. The van der Waals surface area contributed by atoms with E-state index in [2.05, 4.69) is 30.7 Å². The number of carbonyl (C=O) groups is 1. The molecule has 9 nitrogen and oxygen atoms in total. The summed E-state index contributed by atoms with van der Waals surface area (Å²) in [6.07, 6.45) is 2.44. The van der Waals surface area contributed by atoms with Gasteiger partial charge in [-0.1, -0.05) is 13.0 Å². The lowest BCUT2D eigenvalue weighted by atomic mass is 10.1. The number of halogens is 3. The molecule has 4 heterocycles. The molecule has 4 rings (SSSR count). The van der Waals surface area contributed by atoms with Crippen LogP contribution in [0.25, 0.3) is 0 Å². The van der Waals surface area contributed by atoms with E-state index in [0.29, 0.717) is 42.5 Å². The Hall–Kier alpha value is -3.70. The van der Waals surface area contributed by atoms with Crippen LogP contribution in [0.15, 0.2) is 36.9 Å². The third kappa shape index (κ3) is 4.95. The zero-order valence-corrected chi connectivity index (χ0v) is 19.0. The molecule has 3 aromatic heterocycles. The van der Waals surface area contributed by atoms with E-state index in [9.17, 15) is 18.0 Å². The lowest BCUT2D eigenvalue weighted by Crippen LogP contribution is -2.51. The number of fused-ring (bicyclic) bond motifs is 1. The third-order valence-electron chi connectivity index (χ3n) is 5.45. The maximum atomic E-state index is 12.7. The molecular formula is C22H25F3N8O. The van der Waals surface area contributed by atoms with Crippen molar-refractivity contribution in [3.8, 4) is 0 Å². The largest absolute Gasteiger partial charge is 0.433 e. The van der Waals surface area contributed by atoms with Crippen LogP contribution in [0.1, 0.15) is 44.0 Å². The molecule has 0 saturated heterocycles. The Kier molecular flexibility index (Phi) is 6.40. The molecule has 3 aromatic rings. The Bertz CT molecular complexity index is 1160. The molecule has 1 aliphatic rings. The highest BCUT2D eigenvalue weighted by molar-refractivity contribution is 6.02. The molecule has 12 heteroatoms. The van der Waals surface area contributed by atoms with E-state index in [1.165, 1.54) is 12.3 Å². The fourth-order valence-corrected chi connectivity index (χ4v) is 3.86. The van der Waals surface area contributed by atoms with E-state index in [1.807, 2.05) is 25.7 Å². The lowest BCUT2D eigenvalue weighted by molar-refractivity contribution is -0.141. The number of amides is 1. The topological polar surface area (TPSA) is 101 Å². The molecule has 0 radical (unpaired) electrons. The number of nitrogens with one attached hydrogen (secondary N) is 2. The van der Waals surface area contributed by atoms with Gasteiger partial charge < -0.3 is 15.5 Å². The molecule has 0 bridgehead atoms. The number of alkyl halides is 3. The highest BCUT2D eigenvalue weighted by Crippen LogP contribution is 2.33. The van der Waals surface area contributed by atoms with Gasteiger partial charge in [0.05, 0.1) is 18.9 Å². The van der Waals surface area contributed by atoms with Crippen molar-refractivity contribution in [1.82, 2.24) is 24.7 Å². The van der Waals surface area contributed by atoms with Crippen LogP contribution in [0.2, 0.25) is 0 Å². The summed E-state index contributed by atoms with van der Waals surface area (Å²) < 4.78 is 39.6. The van der Waals surface area contributed by atoms with Gasteiger partial charge in [0.2, 0.25) is 11.9 Å². The van der Waals surface area contributed by atoms with E-state index in [1.54, 1.807) is 23.3 Å². The highest BCUT2D eigenvalue weighted by Gasteiger charge is 2.35. The maximum absolute atomic E-state index is 12.7. The summed E-state index contributed by atoms with van der Waals surface area (Å²) >= 11 is 0. The second-order valence-corrected chi connectivity index (χ2v) is 8.29. The van der Waals surface area contributed by atoms with Crippen LogP contribution in [-0.4, -0.2) is 42.7 Å². The standard InChI is InChI=1S/C22H25F3N8O/c1-4-17-20(34)30-16-10-28-21(31-19(16)33(17)13(2)3)27-8-15-9-29-32(12-15)11-14-5-6-18(26-7-14)22(23,24)25/h5-7,9-10,12-13,17H,4,8,11H2,1-3H3,(H,30,34)(H,27,28,31). The molecule has 1 unspecified atom stereocenters. The van der Waals surface area contributed by atoms with Crippen molar-refractivity contribution in [3.05, 3.63) is 53.7 Å². The van der Waals surface area contributed by atoms with Crippen LogP contribution in [0.4, 0.5) is 30.6 Å². The first-order chi connectivity index (χ1) is 16.2. The summed E-state index contributed by atoms with van der Waals surface area (Å²) in [5.41, 5.74) is 1.11. The second-order valence-electron chi connectivity index (χ2n) is 8.29. The van der Waals surface area contributed by atoms with Gasteiger partial charge in [0.15, 0.2) is 5.82 Å². The molecule has 0 spiro atoms. The lowest BCUT2D eigenvalue weighted by Gasteiger charge is -2.39. The molecule has 1 aliphatic heterocycles. The summed E-state index contributed by atoms with van der Waals surface area (Å²) in [4.78, 5) is 26.8. The van der Waals surface area contributed by atoms with Gasteiger partial charge in [-0.25, -0.2) is 4.98 Å². The molecule has 0 aliphatic carbocycles. The molecule has 1 atom stereocenters. The average Bonchev–Trinajstić information content (AvgIpc) is 3.23. The Morgan fingerprint density at radius 3 is 2.59 bits per heavy atom. The van der Waals surface area contributed by atoms with Crippen molar-refractivity contribution in [3.63, 3.8) is 0 Å². The van der Waals surface area contributed by atoms with Crippen molar-refractivity contribution in [1.29, 1.82) is 0 Å². The first-order valence-electron chi connectivity index (χ1n) is 10.9. The van der Waals surface area contributed by atoms with Crippen molar-refractivity contribution in [2.24, 2.45) is 0 Å². The molecule has 0 fully saturated rings. The molecule has 0 saturated carbocycles. The second kappa shape index (κ2) is 9.27. The smallest absolute Gasteiger partial charge is 0.350 e. The van der Waals surface area contributed by atoms with E-state index in [4.69, 9.17) is 0 Å². The predicted molar refractivity (Wildman–Crippen MR) is 120 cm³/mol. The van der Waals surface area contributed by atoms with E-state index in [0.717, 1.165) is 11.6 Å². The number of nitrogens with zero attached hydrogens (tertiary/aromatic N) is 6. The summed E-state index contributed by atoms with van der Waals surface area (Å²) in [5, 5.41) is 10.3. The fourth-order valence-electron chi connectivity index (χ4n) is 3.86. The minimum absolute atomic E-state index is 0.0660. The third-order valence-corrected chi connectivity index (χ3v) is 5.45. The van der Waals surface area contributed by atoms with Gasteiger partial charge in [-0.15, -0.1) is 0 Å². The zero-order chi connectivity index (χ0) is 24.5. The van der Waals surface area contributed by atoms with Crippen molar-refractivity contribution in [2.45, 2.75) is 58.5 Å². The summed E-state index contributed by atoms with van der Waals surface area (Å²) in [5.74, 6) is 1.02. The van der Waals surface area contributed by atoms with Crippen molar-refractivity contribution in [2.75, 3.05) is 15.5 Å². The molecule has 34 heavy (non-hydrogen) atoms. The maximum Gasteiger partial charge on any atom is 0.433 e. The van der Waals surface area contributed by atoms with Gasteiger partial charge in [0.1, 0.15) is 17.4 Å². The first-order valence-corrected chi connectivity index (χ1v) is 10.9. The Morgan fingerprint density at radius 2 is 1.94 bits per heavy atom. The molecule has 0 aromatic carbocycles. The van der Waals surface area contributed by atoms with E-state index in [-0.39, 0.29) is 18.0 Å². The number of aromatic nitrogens is 5. The van der Waals surface area contributed by atoms with Crippen LogP contribution < -0.4 is 15.5 Å². The Balaban J connectivity index is 1.42. The van der Waals surface area contributed by atoms with Gasteiger partial charge in [0, 0.05) is 30.5 Å². The van der Waals surface area contributed by atoms with Crippen molar-refractivity contribution < 1.29 is 18.0 Å². The van der Waals surface area contributed by atoms with Gasteiger partial charge in [-0.2, -0.15) is 23.3 Å². The van der Waals surface area contributed by atoms with Gasteiger partial charge >= 0.3 is 6.18 Å². The average molecular weight is 474 g/mol. The number of hydrogen-bond acceptors (Lipinski definition) is 7. The van der Waals surface area contributed by atoms with Gasteiger partial charge in [-0.05, 0) is 31.9 Å². The van der Waals surface area contributed by atoms with Crippen LogP contribution >= 0.6 is 0 Å². The Morgan fingerprint density at radius 1 is 1.15 bits per heavy atom. The highest BCUT2D eigenvalue weighted by atomic mass is 19.4. The summed E-state index contributed by atoms with van der Waals surface area (Å²) in [7, 11) is 0. The summed E-state index contributed by atoms with van der Waals surface area (Å²) in [6.45, 7) is 6.68. The van der Waals surface area contributed by atoms with Gasteiger partial charge in [0.25, 0.3) is 0 Å². The van der Waals surface area contributed by atoms with Crippen LogP contribution in [-0.2, 0) is 24.1 Å². The molecule has 1 amide bonds. The quantitative estimate of drug-likeness (QED) is 0.539. The van der Waals surface area contributed by atoms with Gasteiger partial charge in [-0.3, -0.25) is 14.5 Å². The number of anilines is 3. The number of pyridine rings is 1. The molecule has 2 N–H and O–H groups in total. The SMILES string of the molecule is CCC1C(=O)Nc2cnc(NCc3cnn(Cc4ccc(C(F)(F)F)nc4)c3)nc2N1C(C)C. The van der Waals surface area contributed by atoms with Crippen LogP contribution in [0.3, 0.4) is 0 Å². The predicted octanol–water partition coefficient (Wildman–Crippen LogP) is 3.69. The number of hydrogen-bond donors (Lipinski definition) is 2. The summed E-state index contributed by atoms with van der Waals surface area (Å²) in [6, 6.07) is 2.13. The van der Waals surface area contributed by atoms with Crippen LogP contribution in [0, 0.1) is 0 Å². The Labute approximate surface area is 194 Å². The molecule has 180 valence electrons. The number of rotatable bonds is 7. The van der Waals surface area contributed by atoms with Crippen LogP contribution in [0.5, 0.6) is 0 Å². The minimum atomic E-state index is -4.46. The van der Waals surface area contributed by atoms with Crippen molar-refractivity contribution >= 4 is 23.4 Å². The van der Waals surface area contributed by atoms with E-state index < -0.39 is 11.9 Å². The first kappa shape index (κ1) is 23.5. The molecular weight excluding hydrogens is 449 g/mol. The monoisotopic (exact) mass is 474 g/mol. The fraction of sp³-hybridized carbons (Fsp3) is 0.409. The minimum Gasteiger partial charge on any atom is -0.350 e. The van der Waals surface area contributed by atoms with E-state index >= 15 is 0 Å². The number of carbonyl (C=O) groups excluding carboxylic acids is 1. The normalized spacial score (nSPS) is 15.9.